The van der Waals surface area contributed by atoms with Crippen molar-refractivity contribution in [1.29, 1.82) is 0 Å². The molecule has 3 fully saturated rings. The number of carbonyl (C=O) groups is 1. The van der Waals surface area contributed by atoms with Crippen LogP contribution in [0.5, 0.6) is 0 Å². The molecule has 0 amide bonds. The Morgan fingerprint density at radius 2 is 2.10 bits per heavy atom. The molecular formula is C16H27NO4. The monoisotopic (exact) mass is 297 g/mol. The molecule has 5 nitrogen and oxygen atoms in total. The van der Waals surface area contributed by atoms with Gasteiger partial charge in [-0.3, -0.25) is 9.69 Å². The van der Waals surface area contributed by atoms with E-state index >= 15 is 0 Å². The predicted octanol–water partition coefficient (Wildman–Crippen LogP) is 2.09. The Labute approximate surface area is 126 Å². The second kappa shape index (κ2) is 6.63. The van der Waals surface area contributed by atoms with Crippen LogP contribution in [0.4, 0.5) is 0 Å². The van der Waals surface area contributed by atoms with Gasteiger partial charge in [0.15, 0.2) is 5.79 Å². The molecule has 21 heavy (non-hydrogen) atoms. The highest BCUT2D eigenvalue weighted by atomic mass is 16.7. The molecule has 1 spiro atoms. The van der Waals surface area contributed by atoms with Crippen molar-refractivity contribution in [2.24, 2.45) is 0 Å². The zero-order valence-corrected chi connectivity index (χ0v) is 13.0. The second-order valence-corrected chi connectivity index (χ2v) is 6.43. The molecule has 3 rings (SSSR count). The average Bonchev–Trinajstić information content (AvgIpc) is 3.10. The van der Waals surface area contributed by atoms with Crippen LogP contribution < -0.4 is 0 Å². The van der Waals surface area contributed by atoms with E-state index in [1.165, 1.54) is 12.8 Å². The molecule has 0 N–H and O–H groups in total. The lowest BCUT2D eigenvalue weighted by Gasteiger charge is -2.35. The van der Waals surface area contributed by atoms with Gasteiger partial charge in [-0.05, 0) is 39.2 Å². The van der Waals surface area contributed by atoms with Crippen molar-refractivity contribution in [3.63, 3.8) is 0 Å². The van der Waals surface area contributed by atoms with Gasteiger partial charge in [0.2, 0.25) is 0 Å². The van der Waals surface area contributed by atoms with Gasteiger partial charge in [-0.1, -0.05) is 6.42 Å². The summed E-state index contributed by atoms with van der Waals surface area (Å²) < 4.78 is 17.3. The van der Waals surface area contributed by atoms with Crippen LogP contribution in [0.25, 0.3) is 0 Å². The van der Waals surface area contributed by atoms with Gasteiger partial charge in [0.25, 0.3) is 0 Å². The van der Waals surface area contributed by atoms with Crippen LogP contribution in [-0.4, -0.2) is 55.1 Å². The summed E-state index contributed by atoms with van der Waals surface area (Å²) in [6, 6.07) is -0.0950. The highest BCUT2D eigenvalue weighted by Gasteiger charge is 2.44. The Morgan fingerprint density at radius 3 is 2.86 bits per heavy atom. The molecule has 0 aromatic rings. The standard InChI is InChI=1S/C16H27NO4/c1-2-19-15(18)14-7-3-6-10-17(14)11-13-12-20-16(21-13)8-4-5-9-16/h13-14H,2-12H2,1H3. The molecule has 3 aliphatic rings. The summed E-state index contributed by atoms with van der Waals surface area (Å²) in [5, 5.41) is 0. The molecule has 2 heterocycles. The highest BCUT2D eigenvalue weighted by Crippen LogP contribution is 2.39. The predicted molar refractivity (Wildman–Crippen MR) is 77.9 cm³/mol. The van der Waals surface area contributed by atoms with Gasteiger partial charge in [0.05, 0.1) is 19.3 Å². The maximum Gasteiger partial charge on any atom is 0.323 e. The van der Waals surface area contributed by atoms with Crippen LogP contribution in [0.1, 0.15) is 51.9 Å². The Morgan fingerprint density at radius 1 is 1.29 bits per heavy atom. The number of hydrogen-bond donors (Lipinski definition) is 0. The number of piperidine rings is 1. The SMILES string of the molecule is CCOC(=O)C1CCCCN1CC1COC2(CCCC2)O1. The van der Waals surface area contributed by atoms with E-state index in [0.29, 0.717) is 13.2 Å². The second-order valence-electron chi connectivity index (χ2n) is 6.43. The fourth-order valence-corrected chi connectivity index (χ4v) is 3.86. The van der Waals surface area contributed by atoms with Gasteiger partial charge >= 0.3 is 5.97 Å². The highest BCUT2D eigenvalue weighted by molar-refractivity contribution is 5.75. The first-order valence-electron chi connectivity index (χ1n) is 8.45. The van der Waals surface area contributed by atoms with E-state index in [9.17, 15) is 4.79 Å². The fraction of sp³-hybridized carbons (Fsp3) is 0.938. The number of ether oxygens (including phenoxy) is 3. The Kier molecular flexibility index (Phi) is 4.82. The third-order valence-electron chi connectivity index (χ3n) is 4.89. The van der Waals surface area contributed by atoms with Gasteiger partial charge in [-0.15, -0.1) is 0 Å². The van der Waals surface area contributed by atoms with Crippen molar-refractivity contribution in [3.05, 3.63) is 0 Å². The molecule has 2 unspecified atom stereocenters. The topological polar surface area (TPSA) is 48.0 Å². The number of esters is 1. The van der Waals surface area contributed by atoms with Crippen LogP contribution in [0.2, 0.25) is 0 Å². The largest absolute Gasteiger partial charge is 0.465 e. The summed E-state index contributed by atoms with van der Waals surface area (Å²) in [4.78, 5) is 14.3. The molecule has 120 valence electrons. The van der Waals surface area contributed by atoms with Gasteiger partial charge in [-0.25, -0.2) is 0 Å². The number of nitrogens with zero attached hydrogens (tertiary/aromatic N) is 1. The Bertz CT molecular complexity index is 367. The quantitative estimate of drug-likeness (QED) is 0.744. The molecule has 5 heteroatoms. The fourth-order valence-electron chi connectivity index (χ4n) is 3.86. The van der Waals surface area contributed by atoms with Gasteiger partial charge in [0.1, 0.15) is 6.04 Å². The van der Waals surface area contributed by atoms with Crippen molar-refractivity contribution in [2.45, 2.75) is 69.8 Å². The maximum atomic E-state index is 12.1. The summed E-state index contributed by atoms with van der Waals surface area (Å²) in [6.45, 7) is 4.71. The van der Waals surface area contributed by atoms with E-state index in [-0.39, 0.29) is 23.9 Å². The zero-order chi connectivity index (χ0) is 14.7. The summed E-state index contributed by atoms with van der Waals surface area (Å²) >= 11 is 0. The van der Waals surface area contributed by atoms with E-state index in [0.717, 1.165) is 45.2 Å². The minimum Gasteiger partial charge on any atom is -0.465 e. The summed E-state index contributed by atoms with van der Waals surface area (Å²) in [6.07, 6.45) is 7.68. The summed E-state index contributed by atoms with van der Waals surface area (Å²) in [5.41, 5.74) is 0. The first kappa shape index (κ1) is 15.3. The molecule has 0 aromatic carbocycles. The lowest BCUT2D eigenvalue weighted by Crippen LogP contribution is -2.49. The van der Waals surface area contributed by atoms with E-state index in [4.69, 9.17) is 14.2 Å². The molecular weight excluding hydrogens is 270 g/mol. The lowest BCUT2D eigenvalue weighted by atomic mass is 10.0. The third-order valence-corrected chi connectivity index (χ3v) is 4.89. The van der Waals surface area contributed by atoms with Crippen molar-refractivity contribution >= 4 is 5.97 Å². The maximum absolute atomic E-state index is 12.1. The zero-order valence-electron chi connectivity index (χ0n) is 13.0. The van der Waals surface area contributed by atoms with Gasteiger partial charge in [0, 0.05) is 19.4 Å². The van der Waals surface area contributed by atoms with Gasteiger partial charge < -0.3 is 14.2 Å². The van der Waals surface area contributed by atoms with Crippen molar-refractivity contribution in [2.75, 3.05) is 26.3 Å². The summed E-state index contributed by atoms with van der Waals surface area (Å²) in [7, 11) is 0. The van der Waals surface area contributed by atoms with Crippen LogP contribution in [-0.2, 0) is 19.0 Å². The minimum absolute atomic E-state index is 0.0771. The van der Waals surface area contributed by atoms with E-state index in [2.05, 4.69) is 4.90 Å². The van der Waals surface area contributed by atoms with Crippen molar-refractivity contribution in [1.82, 2.24) is 4.90 Å². The molecule has 2 atom stereocenters. The number of rotatable bonds is 4. The normalized spacial score (nSPS) is 32.6. The number of likely N-dealkylation sites (tertiary alicyclic amines) is 1. The summed E-state index contributed by atoms with van der Waals surface area (Å²) in [5.74, 6) is -0.383. The molecule has 0 bridgehead atoms. The Balaban J connectivity index is 1.56. The molecule has 1 aliphatic carbocycles. The molecule has 2 saturated heterocycles. The van der Waals surface area contributed by atoms with Crippen LogP contribution >= 0.6 is 0 Å². The van der Waals surface area contributed by atoms with Crippen LogP contribution in [0, 0.1) is 0 Å². The first-order valence-corrected chi connectivity index (χ1v) is 8.45. The van der Waals surface area contributed by atoms with E-state index < -0.39 is 0 Å². The van der Waals surface area contributed by atoms with E-state index in [1.807, 2.05) is 6.92 Å². The lowest BCUT2D eigenvalue weighted by molar-refractivity contribution is -0.166. The molecule has 2 aliphatic heterocycles. The van der Waals surface area contributed by atoms with Crippen LogP contribution in [0.15, 0.2) is 0 Å². The number of carbonyl (C=O) groups excluding carboxylic acids is 1. The van der Waals surface area contributed by atoms with Crippen LogP contribution in [0.3, 0.4) is 0 Å². The van der Waals surface area contributed by atoms with E-state index in [1.54, 1.807) is 0 Å². The molecule has 0 aromatic heterocycles. The first-order chi connectivity index (χ1) is 10.2. The molecule has 1 saturated carbocycles. The Hall–Kier alpha value is -0.650. The van der Waals surface area contributed by atoms with Crippen molar-refractivity contribution in [3.8, 4) is 0 Å². The van der Waals surface area contributed by atoms with Gasteiger partial charge in [-0.2, -0.15) is 0 Å². The molecule has 0 radical (unpaired) electrons. The average molecular weight is 297 g/mol. The number of hydrogen-bond acceptors (Lipinski definition) is 5. The minimum atomic E-state index is -0.306. The smallest absolute Gasteiger partial charge is 0.323 e. The van der Waals surface area contributed by atoms with Crippen molar-refractivity contribution < 1.29 is 19.0 Å². The third kappa shape index (κ3) is 3.41.